The van der Waals surface area contributed by atoms with Crippen LogP contribution in [0.2, 0.25) is 5.02 Å². The highest BCUT2D eigenvalue weighted by Gasteiger charge is 2.20. The number of aliphatic hydroxyl groups excluding tert-OH is 1. The van der Waals surface area contributed by atoms with Gasteiger partial charge in [-0.05, 0) is 27.9 Å². The molecule has 8 heteroatoms. The van der Waals surface area contributed by atoms with Crippen molar-refractivity contribution in [3.05, 3.63) is 14.9 Å². The fourth-order valence-electron chi connectivity index (χ4n) is 0.961. The molecule has 4 nitrogen and oxygen atoms in total. The van der Waals surface area contributed by atoms with Crippen LogP contribution in [0.4, 0.5) is 0 Å². The average Bonchev–Trinajstić information content (AvgIpc) is 2.56. The summed E-state index contributed by atoms with van der Waals surface area (Å²) >= 11 is 9.96. The van der Waals surface area contributed by atoms with Gasteiger partial charge in [-0.2, -0.15) is 0 Å². The summed E-state index contributed by atoms with van der Waals surface area (Å²) in [6.45, 7) is 3.63. The van der Waals surface area contributed by atoms with Crippen molar-refractivity contribution in [2.45, 2.75) is 24.2 Å². The first-order valence-electron chi connectivity index (χ1n) is 4.86. The first-order chi connectivity index (χ1) is 7.74. The molecule has 1 rings (SSSR count). The molecule has 17 heavy (non-hydrogen) atoms. The van der Waals surface area contributed by atoms with Crippen molar-refractivity contribution >= 4 is 48.9 Å². The molecule has 0 aliphatic rings. The maximum atomic E-state index is 11.8. The Hall–Kier alpha value is 0.340. The number of hydrogen-bond donors (Lipinski definition) is 2. The monoisotopic (exact) mass is 361 g/mol. The third-order valence-corrected chi connectivity index (χ3v) is 6.51. The number of thiophene rings is 1. The van der Waals surface area contributed by atoms with E-state index in [1.54, 1.807) is 0 Å². The van der Waals surface area contributed by atoms with Crippen LogP contribution in [0.1, 0.15) is 13.8 Å². The maximum Gasteiger partial charge on any atom is 0.250 e. The summed E-state index contributed by atoms with van der Waals surface area (Å²) in [6.07, 6.45) is -0.705. The van der Waals surface area contributed by atoms with Gasteiger partial charge in [0, 0.05) is 6.54 Å². The first-order valence-corrected chi connectivity index (χ1v) is 8.33. The molecule has 1 aromatic heterocycles. The van der Waals surface area contributed by atoms with Crippen LogP contribution < -0.4 is 4.72 Å². The molecule has 0 aliphatic heterocycles. The molecule has 1 atom stereocenters. The van der Waals surface area contributed by atoms with Gasteiger partial charge in [-0.1, -0.05) is 25.4 Å². The topological polar surface area (TPSA) is 66.4 Å². The van der Waals surface area contributed by atoms with E-state index in [0.29, 0.717) is 8.81 Å². The molecule has 0 fully saturated rings. The number of rotatable bonds is 5. The molecule has 1 aromatic rings. The molecule has 0 spiro atoms. The maximum absolute atomic E-state index is 11.8. The lowest BCUT2D eigenvalue weighted by Crippen LogP contribution is -2.34. The van der Waals surface area contributed by atoms with Gasteiger partial charge in [-0.25, -0.2) is 13.1 Å². The average molecular weight is 363 g/mol. The Morgan fingerprint density at radius 3 is 2.59 bits per heavy atom. The molecule has 0 saturated carbocycles. The molecule has 0 amide bonds. The number of sulfonamides is 1. The number of halogens is 2. The van der Waals surface area contributed by atoms with E-state index in [1.165, 1.54) is 6.07 Å². The summed E-state index contributed by atoms with van der Waals surface area (Å²) in [7, 11) is -3.60. The van der Waals surface area contributed by atoms with E-state index in [0.717, 1.165) is 11.3 Å². The summed E-state index contributed by atoms with van der Waals surface area (Å²) in [5.74, 6) is -0.00337. The first kappa shape index (κ1) is 15.4. The Morgan fingerprint density at radius 2 is 2.18 bits per heavy atom. The lowest BCUT2D eigenvalue weighted by atomic mass is 10.1. The summed E-state index contributed by atoms with van der Waals surface area (Å²) in [4.78, 5) is 0. The van der Waals surface area contributed by atoms with Crippen LogP contribution in [0, 0.1) is 5.92 Å². The van der Waals surface area contributed by atoms with Crippen molar-refractivity contribution in [2.24, 2.45) is 5.92 Å². The van der Waals surface area contributed by atoms with E-state index in [4.69, 9.17) is 11.6 Å². The highest BCUT2D eigenvalue weighted by atomic mass is 79.9. The Balaban J connectivity index is 2.76. The van der Waals surface area contributed by atoms with E-state index in [-0.39, 0.29) is 16.7 Å². The molecule has 0 aliphatic carbocycles. The Kier molecular flexibility index (Phi) is 5.42. The van der Waals surface area contributed by atoms with E-state index in [2.05, 4.69) is 20.7 Å². The minimum atomic E-state index is -3.60. The van der Waals surface area contributed by atoms with Crippen LogP contribution >= 0.6 is 38.9 Å². The van der Waals surface area contributed by atoms with Gasteiger partial charge in [-0.3, -0.25) is 0 Å². The van der Waals surface area contributed by atoms with Crippen LogP contribution in [0.15, 0.2) is 14.1 Å². The molecule has 2 N–H and O–H groups in total. The number of nitrogens with one attached hydrogen (secondary N) is 1. The summed E-state index contributed by atoms with van der Waals surface area (Å²) in [5, 5.41) is 9.90. The van der Waals surface area contributed by atoms with Crippen LogP contribution in [0.3, 0.4) is 0 Å². The molecule has 0 radical (unpaired) electrons. The van der Waals surface area contributed by atoms with Crippen LogP contribution in [0.25, 0.3) is 0 Å². The minimum Gasteiger partial charge on any atom is -0.391 e. The van der Waals surface area contributed by atoms with Gasteiger partial charge >= 0.3 is 0 Å². The third-order valence-electron chi connectivity index (χ3n) is 2.14. The Bertz CT molecular complexity index is 467. The fraction of sp³-hybridized carbons (Fsp3) is 0.556. The standard InChI is InChI=1S/C9H13BrClNO3S2/c1-5(2)7(13)4-12-17(14,15)8-3-6(11)9(10)16-8/h3,5,7,12-13H,4H2,1-2H3. The lowest BCUT2D eigenvalue weighted by Gasteiger charge is -2.14. The fourth-order valence-corrected chi connectivity index (χ4v) is 4.46. The van der Waals surface area contributed by atoms with Gasteiger partial charge < -0.3 is 5.11 Å². The second-order valence-corrected chi connectivity index (χ2v) is 8.62. The van der Waals surface area contributed by atoms with E-state index >= 15 is 0 Å². The Morgan fingerprint density at radius 1 is 1.59 bits per heavy atom. The molecule has 0 bridgehead atoms. The van der Waals surface area contributed by atoms with E-state index in [1.807, 2.05) is 13.8 Å². The molecule has 1 unspecified atom stereocenters. The summed E-state index contributed by atoms with van der Waals surface area (Å²) in [6, 6.07) is 1.38. The van der Waals surface area contributed by atoms with E-state index in [9.17, 15) is 13.5 Å². The van der Waals surface area contributed by atoms with Crippen molar-refractivity contribution in [3.63, 3.8) is 0 Å². The molecular weight excluding hydrogens is 350 g/mol. The quantitative estimate of drug-likeness (QED) is 0.845. The smallest absolute Gasteiger partial charge is 0.250 e. The van der Waals surface area contributed by atoms with Crippen LogP contribution in [-0.4, -0.2) is 26.2 Å². The van der Waals surface area contributed by atoms with Gasteiger partial charge in [-0.15, -0.1) is 11.3 Å². The van der Waals surface area contributed by atoms with Crippen molar-refractivity contribution in [1.29, 1.82) is 0 Å². The minimum absolute atomic E-state index is 0.00337. The van der Waals surface area contributed by atoms with Gasteiger partial charge in [0.1, 0.15) is 4.21 Å². The van der Waals surface area contributed by atoms with E-state index < -0.39 is 16.1 Å². The zero-order valence-electron chi connectivity index (χ0n) is 9.28. The normalized spacial score (nSPS) is 14.2. The predicted octanol–water partition coefficient (Wildman–Crippen LogP) is 2.46. The second kappa shape index (κ2) is 5.99. The summed E-state index contributed by atoms with van der Waals surface area (Å²) in [5.41, 5.74) is 0. The Labute approximate surface area is 118 Å². The molecular formula is C9H13BrClNO3S2. The molecule has 98 valence electrons. The van der Waals surface area contributed by atoms with Crippen molar-refractivity contribution < 1.29 is 13.5 Å². The van der Waals surface area contributed by atoms with Crippen molar-refractivity contribution in [2.75, 3.05) is 6.54 Å². The van der Waals surface area contributed by atoms with Crippen molar-refractivity contribution in [3.8, 4) is 0 Å². The molecule has 1 heterocycles. The molecule has 0 aromatic carbocycles. The van der Waals surface area contributed by atoms with Gasteiger partial charge in [0.2, 0.25) is 10.0 Å². The third kappa shape index (κ3) is 4.18. The van der Waals surface area contributed by atoms with Gasteiger partial charge in [0.15, 0.2) is 0 Å². The van der Waals surface area contributed by atoms with Crippen LogP contribution in [-0.2, 0) is 10.0 Å². The summed E-state index contributed by atoms with van der Waals surface area (Å²) < 4.78 is 26.7. The SMILES string of the molecule is CC(C)C(O)CNS(=O)(=O)c1cc(Cl)c(Br)s1. The predicted molar refractivity (Wildman–Crippen MR) is 73.1 cm³/mol. The van der Waals surface area contributed by atoms with Gasteiger partial charge in [0.05, 0.1) is 14.9 Å². The zero-order valence-corrected chi connectivity index (χ0v) is 13.3. The number of aliphatic hydroxyl groups is 1. The van der Waals surface area contributed by atoms with Gasteiger partial charge in [0.25, 0.3) is 0 Å². The highest BCUT2D eigenvalue weighted by molar-refractivity contribution is 9.11. The lowest BCUT2D eigenvalue weighted by molar-refractivity contribution is 0.129. The van der Waals surface area contributed by atoms with Crippen LogP contribution in [0.5, 0.6) is 0 Å². The zero-order chi connectivity index (χ0) is 13.2. The van der Waals surface area contributed by atoms with Crippen molar-refractivity contribution in [1.82, 2.24) is 4.72 Å². The highest BCUT2D eigenvalue weighted by Crippen LogP contribution is 2.34. The molecule has 0 saturated heterocycles. The number of hydrogen-bond acceptors (Lipinski definition) is 4. The largest absolute Gasteiger partial charge is 0.391 e. The second-order valence-electron chi connectivity index (χ2n) is 3.85.